The monoisotopic (exact) mass is 145 g/mol. The van der Waals surface area contributed by atoms with Gasteiger partial charge < -0.3 is 10.0 Å². The van der Waals surface area contributed by atoms with Crippen molar-refractivity contribution in [3.8, 4) is 0 Å². The fourth-order valence-electron chi connectivity index (χ4n) is 1.46. The first-order valence-electron chi connectivity index (χ1n) is 3.52. The van der Waals surface area contributed by atoms with Crippen LogP contribution in [0.15, 0.2) is 0 Å². The Hall–Kier alpha value is -0.0800. The van der Waals surface area contributed by atoms with Gasteiger partial charge in [0.2, 0.25) is 0 Å². The molecule has 1 aliphatic rings. The van der Waals surface area contributed by atoms with Crippen LogP contribution in [0.1, 0.15) is 20.8 Å². The number of quaternary nitrogens is 1. The van der Waals surface area contributed by atoms with Gasteiger partial charge in [0, 0.05) is 12.3 Å². The molecule has 0 saturated carbocycles. The lowest BCUT2D eigenvalue weighted by Crippen LogP contribution is -3.08. The highest BCUT2D eigenvalue weighted by Gasteiger charge is 2.25. The molecule has 0 radical (unpaired) electrons. The molecule has 2 heteroatoms. The zero-order chi connectivity index (χ0) is 6.85. The van der Waals surface area contributed by atoms with Gasteiger partial charge in [-0.1, -0.05) is 7.43 Å². The third-order valence-electron chi connectivity index (χ3n) is 2.19. The number of rotatable bonds is 1. The summed E-state index contributed by atoms with van der Waals surface area (Å²) >= 11 is 0. The van der Waals surface area contributed by atoms with E-state index < -0.39 is 0 Å². The Morgan fingerprint density at radius 2 is 2.30 bits per heavy atom. The minimum absolute atomic E-state index is 0. The number of hydrogen-bond donors (Lipinski definition) is 2. The molecule has 10 heavy (non-hydrogen) atoms. The molecule has 1 heterocycles. The summed E-state index contributed by atoms with van der Waals surface area (Å²) in [5.41, 5.74) is 0. The molecule has 1 rings (SSSR count). The molecule has 2 N–H and O–H groups in total. The van der Waals surface area contributed by atoms with E-state index in [9.17, 15) is 0 Å². The molecule has 0 amide bonds. The van der Waals surface area contributed by atoms with E-state index in [-0.39, 0.29) is 7.43 Å². The van der Waals surface area contributed by atoms with E-state index in [4.69, 9.17) is 5.11 Å². The molecule has 1 saturated heterocycles. The molecule has 3 unspecified atom stereocenters. The van der Waals surface area contributed by atoms with Crippen molar-refractivity contribution in [2.75, 3.05) is 13.2 Å². The lowest BCUT2D eigenvalue weighted by Gasteiger charge is -2.18. The minimum atomic E-state index is 0. The molecule has 0 aliphatic carbocycles. The minimum Gasteiger partial charge on any atom is -0.465 e. The van der Waals surface area contributed by atoms with Crippen molar-refractivity contribution in [1.82, 2.24) is 0 Å². The van der Waals surface area contributed by atoms with Crippen molar-refractivity contribution in [2.24, 2.45) is 5.92 Å². The lowest BCUT2D eigenvalue weighted by molar-refractivity contribution is -0.865. The molecule has 0 spiro atoms. The quantitative estimate of drug-likeness (QED) is 0.486. The Kier molecular flexibility index (Phi) is 3.91. The zero-order valence-corrected chi connectivity index (χ0v) is 5.93. The number of likely N-dealkylation sites (tertiary alicyclic amines) is 1. The number of hydrogen-bond acceptors (Lipinski definition) is 1. The number of aliphatic hydroxyl groups excluding tert-OH is 1. The molecule has 0 aromatic rings. The molecule has 0 bridgehead atoms. The highest BCUT2D eigenvalue weighted by Crippen LogP contribution is 2.07. The lowest BCUT2D eigenvalue weighted by atomic mass is 10.1. The van der Waals surface area contributed by atoms with E-state index in [0.29, 0.717) is 18.6 Å². The molecule has 62 valence electrons. The van der Waals surface area contributed by atoms with Gasteiger partial charge in [0.25, 0.3) is 0 Å². The average molecular weight is 145 g/mol. The van der Waals surface area contributed by atoms with Gasteiger partial charge in [0.05, 0.1) is 19.2 Å². The van der Waals surface area contributed by atoms with Gasteiger partial charge in [-0.25, -0.2) is 0 Å². The van der Waals surface area contributed by atoms with E-state index in [2.05, 4.69) is 14.0 Å². The maximum Gasteiger partial charge on any atom is 0.0612 e. The van der Waals surface area contributed by atoms with Crippen LogP contribution in [-0.4, -0.2) is 24.3 Å². The van der Waals surface area contributed by atoms with E-state index in [0.717, 1.165) is 13.0 Å². The summed E-state index contributed by atoms with van der Waals surface area (Å²) in [6.07, 6.45) is 1.13. The predicted octanol–water partition coefficient (Wildman–Crippen LogP) is -0.300. The molecule has 0 aromatic carbocycles. The predicted molar refractivity (Wildman–Crippen MR) is 42.6 cm³/mol. The summed E-state index contributed by atoms with van der Waals surface area (Å²) < 4.78 is 0. The second-order valence-corrected chi connectivity index (χ2v) is 3.05. The van der Waals surface area contributed by atoms with Crippen molar-refractivity contribution in [3.05, 3.63) is 7.05 Å². The van der Waals surface area contributed by atoms with Crippen LogP contribution < -0.4 is 4.90 Å². The van der Waals surface area contributed by atoms with Gasteiger partial charge in [-0.2, -0.15) is 7.05 Å². The number of aliphatic hydroxyl groups is 1. The molecule has 3 atom stereocenters. The molecule has 2 nitrogen and oxygen atoms in total. The van der Waals surface area contributed by atoms with Crippen LogP contribution in [-0.2, 0) is 0 Å². The molecule has 0 aromatic heterocycles. The van der Waals surface area contributed by atoms with Crippen molar-refractivity contribution >= 4 is 0 Å². The van der Waals surface area contributed by atoms with Crippen LogP contribution in [0.2, 0.25) is 0 Å². The molecular formula is C8H19NO. The summed E-state index contributed by atoms with van der Waals surface area (Å²) in [4.78, 5) is 1.31. The molecule has 1 aliphatic heterocycles. The smallest absolute Gasteiger partial charge is 0.0612 e. The highest BCUT2D eigenvalue weighted by atomic mass is 16.3. The van der Waals surface area contributed by atoms with E-state index in [1.165, 1.54) is 4.90 Å². The normalized spacial score (nSPS) is 39.3. The Morgan fingerprint density at radius 1 is 1.70 bits per heavy atom. The zero-order valence-electron chi connectivity index (χ0n) is 5.93. The Bertz CT molecular complexity index is 85.3. The Balaban J connectivity index is 0.000000810. The highest BCUT2D eigenvalue weighted by molar-refractivity contribution is 4.66. The SMILES string of the molecule is C.[CH2-][NH+]1CC(CO)CC1C. The van der Waals surface area contributed by atoms with Gasteiger partial charge in [-0.15, -0.1) is 0 Å². The van der Waals surface area contributed by atoms with E-state index in [1.807, 2.05) is 0 Å². The van der Waals surface area contributed by atoms with Crippen LogP contribution in [0.3, 0.4) is 0 Å². The summed E-state index contributed by atoms with van der Waals surface area (Å²) in [5, 5.41) is 8.76. The topological polar surface area (TPSA) is 24.7 Å². The summed E-state index contributed by atoms with van der Waals surface area (Å²) in [7, 11) is 3.92. The van der Waals surface area contributed by atoms with Gasteiger partial charge in [0.15, 0.2) is 0 Å². The first kappa shape index (κ1) is 9.92. The van der Waals surface area contributed by atoms with Crippen molar-refractivity contribution < 1.29 is 10.0 Å². The standard InChI is InChI=1S/C7H15NO.CH4/c1-6-3-7(5-9)4-8(6)2;/h6-9H,2-5H2,1H3;1H4. The van der Waals surface area contributed by atoms with E-state index in [1.54, 1.807) is 0 Å². The number of nitrogens with one attached hydrogen (secondary N) is 1. The summed E-state index contributed by atoms with van der Waals surface area (Å²) in [5.74, 6) is 0.507. The third-order valence-corrected chi connectivity index (χ3v) is 2.19. The van der Waals surface area contributed by atoms with Crippen LogP contribution in [0, 0.1) is 13.0 Å². The van der Waals surface area contributed by atoms with Gasteiger partial charge in [0.1, 0.15) is 0 Å². The summed E-state index contributed by atoms with van der Waals surface area (Å²) in [6.45, 7) is 3.55. The van der Waals surface area contributed by atoms with Crippen molar-refractivity contribution in [2.45, 2.75) is 26.8 Å². The van der Waals surface area contributed by atoms with Gasteiger partial charge >= 0.3 is 0 Å². The average Bonchev–Trinajstić information content (AvgIpc) is 2.13. The second-order valence-electron chi connectivity index (χ2n) is 3.05. The third kappa shape index (κ3) is 1.96. The first-order chi connectivity index (χ1) is 4.24. The fraction of sp³-hybridized carbons (Fsp3) is 0.875. The maximum absolute atomic E-state index is 8.76. The van der Waals surface area contributed by atoms with Crippen LogP contribution in [0.4, 0.5) is 0 Å². The van der Waals surface area contributed by atoms with Crippen molar-refractivity contribution in [3.63, 3.8) is 0 Å². The second kappa shape index (κ2) is 3.94. The Morgan fingerprint density at radius 3 is 2.50 bits per heavy atom. The molecule has 1 fully saturated rings. The summed E-state index contributed by atoms with van der Waals surface area (Å²) in [6, 6.07) is 0.641. The van der Waals surface area contributed by atoms with Gasteiger partial charge in [-0.3, -0.25) is 0 Å². The first-order valence-corrected chi connectivity index (χ1v) is 3.52. The molecular weight excluding hydrogens is 126 g/mol. The Labute approximate surface area is 63.8 Å². The largest absolute Gasteiger partial charge is 0.465 e. The van der Waals surface area contributed by atoms with Crippen LogP contribution >= 0.6 is 0 Å². The maximum atomic E-state index is 8.76. The van der Waals surface area contributed by atoms with Crippen molar-refractivity contribution in [1.29, 1.82) is 0 Å². The van der Waals surface area contributed by atoms with E-state index >= 15 is 0 Å². The fourth-order valence-corrected chi connectivity index (χ4v) is 1.46. The van der Waals surface area contributed by atoms with Crippen LogP contribution in [0.5, 0.6) is 0 Å². The van der Waals surface area contributed by atoms with Gasteiger partial charge in [-0.05, 0) is 6.92 Å². The van der Waals surface area contributed by atoms with Crippen LogP contribution in [0.25, 0.3) is 0 Å².